The van der Waals surface area contributed by atoms with Gasteiger partial charge in [-0.1, -0.05) is 42.5 Å². The quantitative estimate of drug-likeness (QED) is 0.697. The number of aryl methyl sites for hydroxylation is 1. The Morgan fingerprint density at radius 1 is 1.00 bits per heavy atom. The van der Waals surface area contributed by atoms with Gasteiger partial charge in [0, 0.05) is 11.3 Å². The van der Waals surface area contributed by atoms with Crippen molar-refractivity contribution >= 4 is 17.5 Å². The molecule has 104 valence electrons. The molecule has 0 fully saturated rings. The summed E-state index contributed by atoms with van der Waals surface area (Å²) in [5, 5.41) is 0. The highest BCUT2D eigenvalue weighted by molar-refractivity contribution is 8.00. The average Bonchev–Trinajstić information content (AvgIpc) is 2.47. The second kappa shape index (κ2) is 7.85. The smallest absolute Gasteiger partial charge is 0.143 e. The maximum Gasteiger partial charge on any atom is 0.143 e. The molecule has 0 amide bonds. The maximum atomic E-state index is 13.4. The van der Waals surface area contributed by atoms with Crippen LogP contribution in [0.2, 0.25) is 0 Å². The highest BCUT2D eigenvalue weighted by Crippen LogP contribution is 2.21. The van der Waals surface area contributed by atoms with E-state index in [1.54, 1.807) is 18.2 Å². The monoisotopic (exact) mass is 288 g/mol. The molecule has 0 aliphatic carbocycles. The SMILES string of the molecule is O=C(CCCc1ccccc1)CSc1ccccc1F. The van der Waals surface area contributed by atoms with Crippen molar-refractivity contribution < 1.29 is 9.18 Å². The number of thioether (sulfide) groups is 1. The number of rotatable bonds is 7. The van der Waals surface area contributed by atoms with E-state index < -0.39 is 0 Å². The largest absolute Gasteiger partial charge is 0.299 e. The number of Topliss-reactive ketones (excluding diaryl/α,β-unsaturated/α-hetero) is 1. The van der Waals surface area contributed by atoms with Gasteiger partial charge in [0.15, 0.2) is 0 Å². The molecule has 0 aromatic heterocycles. The average molecular weight is 288 g/mol. The van der Waals surface area contributed by atoms with Crippen molar-refractivity contribution in [3.8, 4) is 0 Å². The van der Waals surface area contributed by atoms with E-state index in [2.05, 4.69) is 12.1 Å². The minimum Gasteiger partial charge on any atom is -0.299 e. The molecule has 0 aliphatic heterocycles. The third-order valence-corrected chi connectivity index (χ3v) is 4.10. The molecule has 0 spiro atoms. The maximum absolute atomic E-state index is 13.4. The zero-order valence-electron chi connectivity index (χ0n) is 11.2. The summed E-state index contributed by atoms with van der Waals surface area (Å²) in [7, 11) is 0. The molecule has 2 rings (SSSR count). The minimum atomic E-state index is -0.255. The summed E-state index contributed by atoms with van der Waals surface area (Å²) in [6.07, 6.45) is 2.31. The Morgan fingerprint density at radius 2 is 1.70 bits per heavy atom. The summed E-state index contributed by atoms with van der Waals surface area (Å²) < 4.78 is 13.4. The second-order valence-corrected chi connectivity index (χ2v) is 5.61. The van der Waals surface area contributed by atoms with E-state index in [1.807, 2.05) is 18.2 Å². The number of hydrogen-bond donors (Lipinski definition) is 0. The van der Waals surface area contributed by atoms with Crippen LogP contribution >= 0.6 is 11.8 Å². The molecular formula is C17H17FOS. The number of carbonyl (C=O) groups is 1. The van der Waals surface area contributed by atoms with Crippen molar-refractivity contribution in [3.05, 3.63) is 66.0 Å². The summed E-state index contributed by atoms with van der Waals surface area (Å²) in [4.78, 5) is 12.3. The van der Waals surface area contributed by atoms with Gasteiger partial charge in [-0.2, -0.15) is 0 Å². The van der Waals surface area contributed by atoms with Crippen LogP contribution in [-0.2, 0) is 11.2 Å². The summed E-state index contributed by atoms with van der Waals surface area (Å²) >= 11 is 1.28. The van der Waals surface area contributed by atoms with Gasteiger partial charge in [0.2, 0.25) is 0 Å². The summed E-state index contributed by atoms with van der Waals surface area (Å²) in [5.41, 5.74) is 1.25. The van der Waals surface area contributed by atoms with Gasteiger partial charge < -0.3 is 0 Å². The van der Waals surface area contributed by atoms with Crippen LogP contribution in [0.4, 0.5) is 4.39 Å². The minimum absolute atomic E-state index is 0.175. The lowest BCUT2D eigenvalue weighted by molar-refractivity contribution is -0.116. The van der Waals surface area contributed by atoms with Crippen LogP contribution in [0.3, 0.4) is 0 Å². The lowest BCUT2D eigenvalue weighted by Gasteiger charge is -2.03. The normalized spacial score (nSPS) is 10.4. The molecule has 0 heterocycles. The van der Waals surface area contributed by atoms with Gasteiger partial charge in [-0.15, -0.1) is 11.8 Å². The topological polar surface area (TPSA) is 17.1 Å². The number of ketones is 1. The molecule has 2 aromatic carbocycles. The lowest BCUT2D eigenvalue weighted by atomic mass is 10.1. The number of benzene rings is 2. The van der Waals surface area contributed by atoms with Crippen molar-refractivity contribution in [1.82, 2.24) is 0 Å². The van der Waals surface area contributed by atoms with Gasteiger partial charge in [0.05, 0.1) is 5.75 Å². The molecule has 0 bridgehead atoms. The first kappa shape index (κ1) is 14.8. The molecule has 0 N–H and O–H groups in total. The van der Waals surface area contributed by atoms with Gasteiger partial charge in [-0.25, -0.2) is 4.39 Å². The molecule has 0 unspecified atom stereocenters. The molecule has 0 radical (unpaired) electrons. The first-order valence-corrected chi connectivity index (χ1v) is 7.67. The number of hydrogen-bond acceptors (Lipinski definition) is 2. The Hall–Kier alpha value is -1.61. The highest BCUT2D eigenvalue weighted by atomic mass is 32.2. The Balaban J connectivity index is 1.70. The number of carbonyl (C=O) groups excluding carboxylic acids is 1. The van der Waals surface area contributed by atoms with Gasteiger partial charge in [-0.3, -0.25) is 4.79 Å². The predicted octanol–water partition coefficient (Wildman–Crippen LogP) is 4.51. The van der Waals surface area contributed by atoms with E-state index in [4.69, 9.17) is 0 Å². The van der Waals surface area contributed by atoms with E-state index in [0.717, 1.165) is 12.8 Å². The molecule has 2 aromatic rings. The van der Waals surface area contributed by atoms with Crippen molar-refractivity contribution in [1.29, 1.82) is 0 Å². The van der Waals surface area contributed by atoms with Crippen molar-refractivity contribution in [2.45, 2.75) is 24.2 Å². The van der Waals surface area contributed by atoms with Gasteiger partial charge in [-0.05, 0) is 30.5 Å². The lowest BCUT2D eigenvalue weighted by Crippen LogP contribution is -2.02. The molecule has 1 nitrogen and oxygen atoms in total. The third-order valence-electron chi connectivity index (χ3n) is 2.99. The summed E-state index contributed by atoms with van der Waals surface area (Å²) in [5.74, 6) is 0.263. The van der Waals surface area contributed by atoms with Crippen molar-refractivity contribution in [2.24, 2.45) is 0 Å². The van der Waals surface area contributed by atoms with Crippen LogP contribution < -0.4 is 0 Å². The van der Waals surface area contributed by atoms with Crippen LogP contribution in [0.25, 0.3) is 0 Å². The van der Waals surface area contributed by atoms with Crippen molar-refractivity contribution in [2.75, 3.05) is 5.75 Å². The van der Waals surface area contributed by atoms with E-state index in [9.17, 15) is 9.18 Å². The molecule has 3 heteroatoms. The zero-order chi connectivity index (χ0) is 14.2. The third kappa shape index (κ3) is 4.82. The van der Waals surface area contributed by atoms with Gasteiger partial charge >= 0.3 is 0 Å². The van der Waals surface area contributed by atoms with E-state index in [0.29, 0.717) is 17.1 Å². The van der Waals surface area contributed by atoms with Gasteiger partial charge in [0.25, 0.3) is 0 Å². The first-order chi connectivity index (χ1) is 9.75. The summed E-state index contributed by atoms with van der Waals surface area (Å²) in [6, 6.07) is 16.7. The Bertz CT molecular complexity index is 554. The molecule has 0 saturated heterocycles. The Morgan fingerprint density at radius 3 is 2.45 bits per heavy atom. The number of halogens is 1. The van der Waals surface area contributed by atoms with Crippen LogP contribution in [0.15, 0.2) is 59.5 Å². The fourth-order valence-electron chi connectivity index (χ4n) is 1.93. The molecule has 0 atom stereocenters. The Kier molecular flexibility index (Phi) is 5.81. The van der Waals surface area contributed by atoms with Gasteiger partial charge in [0.1, 0.15) is 11.6 Å². The van der Waals surface area contributed by atoms with Crippen LogP contribution in [0.5, 0.6) is 0 Å². The van der Waals surface area contributed by atoms with E-state index in [-0.39, 0.29) is 11.6 Å². The second-order valence-electron chi connectivity index (χ2n) is 4.60. The van der Waals surface area contributed by atoms with Crippen LogP contribution in [-0.4, -0.2) is 11.5 Å². The molecule has 20 heavy (non-hydrogen) atoms. The zero-order valence-corrected chi connectivity index (χ0v) is 12.0. The first-order valence-electron chi connectivity index (χ1n) is 6.68. The molecule has 0 aliphatic rings. The standard InChI is InChI=1S/C17H17FOS/c18-16-11-4-5-12-17(16)20-13-15(19)10-6-9-14-7-2-1-3-8-14/h1-5,7-8,11-12H,6,9-10,13H2. The predicted molar refractivity (Wildman–Crippen MR) is 81.5 cm³/mol. The van der Waals surface area contributed by atoms with Crippen LogP contribution in [0.1, 0.15) is 18.4 Å². The van der Waals surface area contributed by atoms with E-state index >= 15 is 0 Å². The Labute approximate surface area is 123 Å². The van der Waals surface area contributed by atoms with Crippen molar-refractivity contribution in [3.63, 3.8) is 0 Å². The fraction of sp³-hybridized carbons (Fsp3) is 0.235. The summed E-state index contributed by atoms with van der Waals surface area (Å²) in [6.45, 7) is 0. The fourth-order valence-corrected chi connectivity index (χ4v) is 2.77. The molecular weight excluding hydrogens is 271 g/mol. The van der Waals surface area contributed by atoms with E-state index in [1.165, 1.54) is 23.4 Å². The molecule has 0 saturated carbocycles. The highest BCUT2D eigenvalue weighted by Gasteiger charge is 2.06. The van der Waals surface area contributed by atoms with Crippen LogP contribution in [0, 0.1) is 5.82 Å².